The number of hydrogen-bond donors (Lipinski definition) is 0. The van der Waals surface area contributed by atoms with Crippen molar-refractivity contribution in [1.29, 1.82) is 0 Å². The van der Waals surface area contributed by atoms with Gasteiger partial charge in [-0.1, -0.05) is 42.5 Å². The summed E-state index contributed by atoms with van der Waals surface area (Å²) < 4.78 is 10.1. The summed E-state index contributed by atoms with van der Waals surface area (Å²) in [5.41, 5.74) is 0.877. The van der Waals surface area contributed by atoms with Crippen LogP contribution in [-0.2, 0) is 14.9 Å². The molecule has 0 bridgehead atoms. The first-order valence-corrected chi connectivity index (χ1v) is 5.97. The Kier molecular flexibility index (Phi) is 2.47. The minimum absolute atomic E-state index is 0.283. The molecule has 1 fully saturated rings. The number of cyclic esters (lactones) is 2. The summed E-state index contributed by atoms with van der Waals surface area (Å²) in [6.45, 7) is 2.78. The fourth-order valence-corrected chi connectivity index (χ4v) is 2.43. The minimum Gasteiger partial charge on any atom is -0.433 e. The van der Waals surface area contributed by atoms with Gasteiger partial charge in [0.05, 0.1) is 5.41 Å². The van der Waals surface area contributed by atoms with E-state index in [1.165, 1.54) is 10.8 Å². The number of ether oxygens (including phenoxy) is 2. The zero-order valence-corrected chi connectivity index (χ0v) is 10.2. The van der Waals surface area contributed by atoms with Crippen molar-refractivity contribution in [2.45, 2.75) is 12.3 Å². The lowest BCUT2D eigenvalue weighted by atomic mass is 9.81. The Balaban J connectivity index is 2.11. The standard InChI is InChI=1S/C15H14O3/c1-15(9-17-14(16)18-10-15)13-8-4-6-11-5-2-3-7-12(11)13/h2-8H,9-10H2,1H3. The molecule has 0 unspecified atom stereocenters. The molecule has 1 aliphatic heterocycles. The number of benzene rings is 2. The fraction of sp³-hybridized carbons (Fsp3) is 0.267. The molecule has 1 saturated heterocycles. The Morgan fingerprint density at radius 1 is 1.00 bits per heavy atom. The highest BCUT2D eigenvalue weighted by atomic mass is 16.7. The molecule has 18 heavy (non-hydrogen) atoms. The van der Waals surface area contributed by atoms with Crippen LogP contribution in [0, 0.1) is 0 Å². The fourth-order valence-electron chi connectivity index (χ4n) is 2.43. The van der Waals surface area contributed by atoms with Crippen LogP contribution in [0.2, 0.25) is 0 Å². The molecule has 0 radical (unpaired) electrons. The smallest absolute Gasteiger partial charge is 0.433 e. The predicted octanol–water partition coefficient (Wildman–Crippen LogP) is 3.26. The van der Waals surface area contributed by atoms with Crippen LogP contribution in [0.1, 0.15) is 12.5 Å². The quantitative estimate of drug-likeness (QED) is 0.720. The minimum atomic E-state index is -0.576. The van der Waals surface area contributed by atoms with Gasteiger partial charge < -0.3 is 9.47 Å². The van der Waals surface area contributed by atoms with Crippen LogP contribution in [-0.4, -0.2) is 19.4 Å². The van der Waals surface area contributed by atoms with E-state index < -0.39 is 6.16 Å². The molecule has 0 aromatic heterocycles. The number of hydrogen-bond acceptors (Lipinski definition) is 3. The van der Waals surface area contributed by atoms with E-state index in [1.807, 2.05) is 18.2 Å². The highest BCUT2D eigenvalue weighted by Gasteiger charge is 2.35. The Morgan fingerprint density at radius 2 is 1.67 bits per heavy atom. The molecule has 1 heterocycles. The molecular weight excluding hydrogens is 228 g/mol. The highest BCUT2D eigenvalue weighted by molar-refractivity contribution is 5.86. The van der Waals surface area contributed by atoms with Crippen molar-refractivity contribution < 1.29 is 14.3 Å². The second-order valence-corrected chi connectivity index (χ2v) is 4.91. The maximum absolute atomic E-state index is 11.0. The second-order valence-electron chi connectivity index (χ2n) is 4.91. The normalized spacial score (nSPS) is 18.2. The Labute approximate surface area is 105 Å². The topological polar surface area (TPSA) is 35.5 Å². The largest absolute Gasteiger partial charge is 0.508 e. The van der Waals surface area contributed by atoms with Gasteiger partial charge in [0.25, 0.3) is 0 Å². The van der Waals surface area contributed by atoms with Crippen LogP contribution in [0.3, 0.4) is 0 Å². The van der Waals surface area contributed by atoms with Crippen LogP contribution in [0.4, 0.5) is 4.79 Å². The maximum Gasteiger partial charge on any atom is 0.508 e. The van der Waals surface area contributed by atoms with E-state index in [-0.39, 0.29) is 5.41 Å². The highest BCUT2D eigenvalue weighted by Crippen LogP contribution is 2.33. The van der Waals surface area contributed by atoms with Crippen LogP contribution < -0.4 is 0 Å². The molecule has 2 aromatic carbocycles. The number of carbonyl (C=O) groups is 1. The first-order valence-electron chi connectivity index (χ1n) is 5.97. The predicted molar refractivity (Wildman–Crippen MR) is 68.6 cm³/mol. The number of carbonyl (C=O) groups excluding carboxylic acids is 1. The van der Waals surface area contributed by atoms with Crippen LogP contribution in [0.5, 0.6) is 0 Å². The third-order valence-electron chi connectivity index (χ3n) is 3.46. The van der Waals surface area contributed by atoms with Gasteiger partial charge in [0.15, 0.2) is 0 Å². The van der Waals surface area contributed by atoms with Crippen molar-refractivity contribution in [1.82, 2.24) is 0 Å². The molecule has 1 aliphatic rings. The summed E-state index contributed by atoms with van der Waals surface area (Å²) in [5.74, 6) is 0. The Hall–Kier alpha value is -2.03. The van der Waals surface area contributed by atoms with Gasteiger partial charge in [0.2, 0.25) is 0 Å². The summed E-state index contributed by atoms with van der Waals surface area (Å²) in [6, 6.07) is 14.4. The van der Waals surface area contributed by atoms with Gasteiger partial charge in [-0.15, -0.1) is 0 Å². The maximum atomic E-state index is 11.0. The molecule has 0 atom stereocenters. The Bertz CT molecular complexity index is 588. The summed E-state index contributed by atoms with van der Waals surface area (Å²) in [6.07, 6.45) is -0.576. The zero-order chi connectivity index (χ0) is 12.6. The van der Waals surface area contributed by atoms with Gasteiger partial charge in [-0.2, -0.15) is 0 Å². The van der Waals surface area contributed by atoms with Crippen molar-refractivity contribution in [2.24, 2.45) is 0 Å². The van der Waals surface area contributed by atoms with Gasteiger partial charge in [0, 0.05) is 0 Å². The molecule has 92 valence electrons. The first kappa shape index (κ1) is 11.1. The SMILES string of the molecule is CC1(c2cccc3ccccc23)COC(=O)OC1. The van der Waals surface area contributed by atoms with Crippen molar-refractivity contribution >= 4 is 16.9 Å². The van der Waals surface area contributed by atoms with Gasteiger partial charge in [-0.25, -0.2) is 4.79 Å². The summed E-state index contributed by atoms with van der Waals surface area (Å²) in [7, 11) is 0. The van der Waals surface area contributed by atoms with E-state index in [1.54, 1.807) is 0 Å². The van der Waals surface area contributed by atoms with E-state index in [0.29, 0.717) is 13.2 Å². The lowest BCUT2D eigenvalue weighted by Gasteiger charge is -2.33. The van der Waals surface area contributed by atoms with Crippen molar-refractivity contribution in [3.8, 4) is 0 Å². The van der Waals surface area contributed by atoms with Crippen LogP contribution in [0.25, 0.3) is 10.8 Å². The monoisotopic (exact) mass is 242 g/mol. The first-order chi connectivity index (χ1) is 8.69. The number of fused-ring (bicyclic) bond motifs is 1. The second kappa shape index (κ2) is 4.02. The van der Waals surface area contributed by atoms with E-state index >= 15 is 0 Å². The molecule has 2 aromatic rings. The zero-order valence-electron chi connectivity index (χ0n) is 10.2. The molecule has 0 amide bonds. The molecule has 3 nitrogen and oxygen atoms in total. The Morgan fingerprint density at radius 3 is 2.44 bits per heavy atom. The van der Waals surface area contributed by atoms with Gasteiger partial charge in [0.1, 0.15) is 13.2 Å². The average Bonchev–Trinajstić information content (AvgIpc) is 2.42. The van der Waals surface area contributed by atoms with Crippen molar-refractivity contribution in [2.75, 3.05) is 13.2 Å². The molecule has 3 heteroatoms. The summed E-state index contributed by atoms with van der Waals surface area (Å²) >= 11 is 0. The molecule has 0 spiro atoms. The average molecular weight is 242 g/mol. The molecule has 0 saturated carbocycles. The van der Waals surface area contributed by atoms with Crippen molar-refractivity contribution in [3.05, 3.63) is 48.0 Å². The van der Waals surface area contributed by atoms with Gasteiger partial charge in [-0.3, -0.25) is 0 Å². The lowest BCUT2D eigenvalue weighted by Crippen LogP contribution is -2.40. The summed E-state index contributed by atoms with van der Waals surface area (Å²) in [4.78, 5) is 11.0. The lowest BCUT2D eigenvalue weighted by molar-refractivity contribution is -0.0213. The molecule has 0 aliphatic carbocycles. The van der Waals surface area contributed by atoms with Crippen molar-refractivity contribution in [3.63, 3.8) is 0 Å². The molecule has 0 N–H and O–H groups in total. The summed E-state index contributed by atoms with van der Waals surface area (Å²) in [5, 5.41) is 2.37. The van der Waals surface area contributed by atoms with Crippen LogP contribution in [0.15, 0.2) is 42.5 Å². The van der Waals surface area contributed by atoms with E-state index in [4.69, 9.17) is 9.47 Å². The third kappa shape index (κ3) is 1.72. The third-order valence-corrected chi connectivity index (χ3v) is 3.46. The molecule has 3 rings (SSSR count). The molecular formula is C15H14O3. The van der Waals surface area contributed by atoms with Gasteiger partial charge in [-0.05, 0) is 23.3 Å². The number of rotatable bonds is 1. The van der Waals surface area contributed by atoms with Gasteiger partial charge >= 0.3 is 6.16 Å². The van der Waals surface area contributed by atoms with E-state index in [0.717, 1.165) is 5.56 Å². The van der Waals surface area contributed by atoms with E-state index in [2.05, 4.69) is 31.2 Å². The van der Waals surface area contributed by atoms with Crippen LogP contribution >= 0.6 is 0 Å². The van der Waals surface area contributed by atoms with E-state index in [9.17, 15) is 4.79 Å².